The van der Waals surface area contributed by atoms with E-state index in [4.69, 9.17) is 4.74 Å². The summed E-state index contributed by atoms with van der Waals surface area (Å²) in [5.41, 5.74) is 3.77. The summed E-state index contributed by atoms with van der Waals surface area (Å²) in [4.78, 5) is 28.6. The number of piperidine rings is 2. The molecule has 2 saturated heterocycles. The van der Waals surface area contributed by atoms with Gasteiger partial charge >= 0.3 is 0 Å². The molecule has 168 valence electrons. The molecule has 4 atom stereocenters. The largest absolute Gasteiger partial charge is 0.496 e. The Balaban J connectivity index is 1.47. The Labute approximate surface area is 189 Å². The number of ether oxygens (including phenoxy) is 1. The molecule has 0 bridgehead atoms. The fourth-order valence-electron chi connectivity index (χ4n) is 5.73. The van der Waals surface area contributed by atoms with Crippen molar-refractivity contribution in [3.8, 4) is 5.75 Å². The topological polar surface area (TPSA) is 70.7 Å². The van der Waals surface area contributed by atoms with Gasteiger partial charge in [-0.1, -0.05) is 36.4 Å². The second-order valence-electron chi connectivity index (χ2n) is 9.17. The minimum Gasteiger partial charge on any atom is -0.496 e. The zero-order chi connectivity index (χ0) is 22.2. The number of carbonyl (C=O) groups is 2. The molecule has 0 aliphatic carbocycles. The van der Waals surface area contributed by atoms with Crippen molar-refractivity contribution in [3.05, 3.63) is 64.7 Å². The molecular weight excluding hydrogens is 402 g/mol. The van der Waals surface area contributed by atoms with Gasteiger partial charge in [0.1, 0.15) is 5.75 Å². The van der Waals surface area contributed by atoms with Crippen LogP contribution in [-0.2, 0) is 11.2 Å². The predicted octanol–water partition coefficient (Wildman–Crippen LogP) is 3.38. The first-order valence-electron chi connectivity index (χ1n) is 11.7. The van der Waals surface area contributed by atoms with Crippen molar-refractivity contribution in [2.75, 3.05) is 20.2 Å². The van der Waals surface area contributed by atoms with E-state index in [0.29, 0.717) is 11.3 Å². The number of methoxy groups -OCH3 is 1. The van der Waals surface area contributed by atoms with Gasteiger partial charge in [-0.2, -0.15) is 0 Å². The number of nitrogens with one attached hydrogen (secondary N) is 2. The summed E-state index contributed by atoms with van der Waals surface area (Å²) in [6.07, 6.45) is 3.67. The molecule has 0 aromatic heterocycles. The summed E-state index contributed by atoms with van der Waals surface area (Å²) in [6.45, 7) is 3.68. The molecule has 0 saturated carbocycles. The average Bonchev–Trinajstić information content (AvgIpc) is 2.83. The second kappa shape index (κ2) is 8.58. The standard InChI is InChI=1S/C26H31N3O3/c1-16(17-7-4-3-5-8-17)28-25(30)20-11-10-18-12-14-29-22(23(18)24(20)32-2)15-21-19(26(29)31)9-6-13-27-21/h3-5,7-8,10-11,16,19,21-22,27H,6,9,12-15H2,1-2H3,(H,28,30)/t16-,19-,21-,22-/m1/s1. The van der Waals surface area contributed by atoms with Crippen molar-refractivity contribution in [3.63, 3.8) is 0 Å². The van der Waals surface area contributed by atoms with Crippen LogP contribution in [0.15, 0.2) is 42.5 Å². The van der Waals surface area contributed by atoms with Gasteiger partial charge in [0.25, 0.3) is 5.91 Å². The predicted molar refractivity (Wildman–Crippen MR) is 123 cm³/mol. The minimum atomic E-state index is -0.158. The molecule has 0 unspecified atom stereocenters. The van der Waals surface area contributed by atoms with E-state index in [1.807, 2.05) is 54.3 Å². The van der Waals surface area contributed by atoms with Crippen molar-refractivity contribution in [2.45, 2.75) is 50.7 Å². The normalized spacial score (nSPS) is 25.2. The van der Waals surface area contributed by atoms with Crippen LogP contribution in [-0.4, -0.2) is 43.0 Å². The Hall–Kier alpha value is -2.86. The van der Waals surface area contributed by atoms with Gasteiger partial charge in [-0.25, -0.2) is 0 Å². The van der Waals surface area contributed by atoms with E-state index in [0.717, 1.165) is 49.9 Å². The van der Waals surface area contributed by atoms with E-state index in [1.165, 1.54) is 5.56 Å². The van der Waals surface area contributed by atoms with E-state index >= 15 is 0 Å². The van der Waals surface area contributed by atoms with Crippen LogP contribution in [0.25, 0.3) is 0 Å². The third kappa shape index (κ3) is 3.56. The highest BCUT2D eigenvalue weighted by atomic mass is 16.5. The Morgan fingerprint density at radius 3 is 2.81 bits per heavy atom. The van der Waals surface area contributed by atoms with Crippen molar-refractivity contribution in [1.82, 2.24) is 15.5 Å². The molecule has 3 aliphatic rings. The summed E-state index contributed by atoms with van der Waals surface area (Å²) < 4.78 is 5.85. The van der Waals surface area contributed by atoms with Gasteiger partial charge < -0.3 is 20.3 Å². The number of nitrogens with zero attached hydrogens (tertiary/aromatic N) is 1. The van der Waals surface area contributed by atoms with Crippen LogP contribution in [0.5, 0.6) is 5.75 Å². The number of amides is 2. The molecule has 2 N–H and O–H groups in total. The molecular formula is C26H31N3O3. The highest BCUT2D eigenvalue weighted by Gasteiger charge is 2.46. The van der Waals surface area contributed by atoms with Crippen LogP contribution in [0.2, 0.25) is 0 Å². The highest BCUT2D eigenvalue weighted by molar-refractivity contribution is 5.98. The zero-order valence-electron chi connectivity index (χ0n) is 18.8. The van der Waals surface area contributed by atoms with Crippen molar-refractivity contribution < 1.29 is 14.3 Å². The molecule has 0 radical (unpaired) electrons. The van der Waals surface area contributed by atoms with E-state index in [2.05, 4.69) is 10.6 Å². The van der Waals surface area contributed by atoms with Gasteiger partial charge in [0, 0.05) is 18.2 Å². The maximum Gasteiger partial charge on any atom is 0.255 e. The van der Waals surface area contributed by atoms with Gasteiger partial charge in [-0.05, 0) is 56.3 Å². The Kier molecular flexibility index (Phi) is 5.64. The quantitative estimate of drug-likeness (QED) is 0.776. The smallest absolute Gasteiger partial charge is 0.255 e. The highest BCUT2D eigenvalue weighted by Crippen LogP contribution is 2.45. The fraction of sp³-hybridized carbons (Fsp3) is 0.462. The van der Waals surface area contributed by atoms with Gasteiger partial charge in [-0.15, -0.1) is 0 Å². The lowest BCUT2D eigenvalue weighted by Crippen LogP contribution is -2.57. The lowest BCUT2D eigenvalue weighted by molar-refractivity contribution is -0.145. The molecule has 6 heteroatoms. The lowest BCUT2D eigenvalue weighted by Gasteiger charge is -2.48. The molecule has 0 spiro atoms. The monoisotopic (exact) mass is 433 g/mol. The summed E-state index contributed by atoms with van der Waals surface area (Å²) >= 11 is 0. The number of carbonyl (C=O) groups excluding carboxylic acids is 2. The van der Waals surface area contributed by atoms with Crippen molar-refractivity contribution in [2.24, 2.45) is 5.92 Å². The van der Waals surface area contributed by atoms with Crippen LogP contribution < -0.4 is 15.4 Å². The summed E-state index contributed by atoms with van der Waals surface area (Å²) in [5, 5.41) is 6.68. The summed E-state index contributed by atoms with van der Waals surface area (Å²) in [6, 6.07) is 13.9. The third-order valence-corrected chi connectivity index (χ3v) is 7.38. The van der Waals surface area contributed by atoms with E-state index in [9.17, 15) is 9.59 Å². The van der Waals surface area contributed by atoms with E-state index in [-0.39, 0.29) is 35.9 Å². The molecule has 3 aliphatic heterocycles. The number of benzene rings is 2. The Morgan fingerprint density at radius 1 is 1.22 bits per heavy atom. The summed E-state index contributed by atoms with van der Waals surface area (Å²) in [7, 11) is 1.62. The molecule has 2 fully saturated rings. The first-order chi connectivity index (χ1) is 15.6. The van der Waals surface area contributed by atoms with Crippen LogP contribution in [0.1, 0.15) is 65.3 Å². The number of rotatable bonds is 4. The van der Waals surface area contributed by atoms with E-state index in [1.54, 1.807) is 7.11 Å². The maximum atomic E-state index is 13.3. The van der Waals surface area contributed by atoms with Gasteiger partial charge in [0.15, 0.2) is 0 Å². The van der Waals surface area contributed by atoms with E-state index < -0.39 is 0 Å². The first kappa shape index (κ1) is 21.0. The van der Waals surface area contributed by atoms with Gasteiger partial charge in [0.2, 0.25) is 5.91 Å². The molecule has 6 nitrogen and oxygen atoms in total. The number of fused-ring (bicyclic) bond motifs is 4. The SMILES string of the molecule is COc1c(C(=O)N[C@H](C)c2ccccc2)ccc2c1[C@H]1C[C@H]3NCCC[C@H]3C(=O)N1CC2. The summed E-state index contributed by atoms with van der Waals surface area (Å²) in [5.74, 6) is 0.774. The minimum absolute atomic E-state index is 0.0488. The fourth-order valence-corrected chi connectivity index (χ4v) is 5.73. The lowest BCUT2D eigenvalue weighted by atomic mass is 9.76. The van der Waals surface area contributed by atoms with Crippen LogP contribution in [0.3, 0.4) is 0 Å². The van der Waals surface area contributed by atoms with Crippen LogP contribution in [0, 0.1) is 5.92 Å². The second-order valence-corrected chi connectivity index (χ2v) is 9.17. The molecule has 2 aromatic carbocycles. The van der Waals surface area contributed by atoms with Crippen molar-refractivity contribution >= 4 is 11.8 Å². The Bertz CT molecular complexity index is 1020. The third-order valence-electron chi connectivity index (χ3n) is 7.38. The Morgan fingerprint density at radius 2 is 2.03 bits per heavy atom. The maximum absolute atomic E-state index is 13.3. The van der Waals surface area contributed by atoms with Gasteiger partial charge in [0.05, 0.1) is 30.7 Å². The average molecular weight is 434 g/mol. The molecule has 3 heterocycles. The molecule has 5 rings (SSSR count). The number of hydrogen-bond acceptors (Lipinski definition) is 4. The zero-order valence-corrected chi connectivity index (χ0v) is 18.8. The van der Waals surface area contributed by atoms with Crippen LogP contribution >= 0.6 is 0 Å². The molecule has 32 heavy (non-hydrogen) atoms. The van der Waals surface area contributed by atoms with Gasteiger partial charge in [-0.3, -0.25) is 9.59 Å². The molecule has 2 amide bonds. The molecule has 2 aromatic rings. The van der Waals surface area contributed by atoms with Crippen molar-refractivity contribution in [1.29, 1.82) is 0 Å². The van der Waals surface area contributed by atoms with Crippen LogP contribution in [0.4, 0.5) is 0 Å². The number of hydrogen-bond donors (Lipinski definition) is 2. The first-order valence-corrected chi connectivity index (χ1v) is 11.7.